The van der Waals surface area contributed by atoms with Gasteiger partial charge in [-0.05, 0) is 25.1 Å². The summed E-state index contributed by atoms with van der Waals surface area (Å²) in [6, 6.07) is 4.29. The number of aryl methyl sites for hydroxylation is 1. The Hall–Kier alpha value is -1.99. The van der Waals surface area contributed by atoms with Crippen molar-refractivity contribution in [2.24, 2.45) is 0 Å². The van der Waals surface area contributed by atoms with Crippen molar-refractivity contribution in [2.45, 2.75) is 13.8 Å². The van der Waals surface area contributed by atoms with E-state index in [1.54, 1.807) is 11.8 Å². The molecule has 0 atom stereocenters. The molecule has 0 saturated carbocycles. The van der Waals surface area contributed by atoms with Crippen LogP contribution in [0.5, 0.6) is 0 Å². The number of nitrogens with zero attached hydrogens (tertiary/aromatic N) is 2. The fourth-order valence-electron chi connectivity index (χ4n) is 1.78. The van der Waals surface area contributed by atoms with Gasteiger partial charge >= 0.3 is 0 Å². The van der Waals surface area contributed by atoms with Crippen LogP contribution in [0.2, 0.25) is 0 Å². The molecular formula is C13H19N3O4. The summed E-state index contributed by atoms with van der Waals surface area (Å²) in [5, 5.41) is 22.2. The number of benzene rings is 1. The maximum Gasteiger partial charge on any atom is 0.269 e. The minimum atomic E-state index is -0.474. The van der Waals surface area contributed by atoms with Crippen LogP contribution in [0.3, 0.4) is 0 Å². The number of nitro groups is 1. The summed E-state index contributed by atoms with van der Waals surface area (Å²) in [5.41, 5.74) is 1.19. The first-order valence-electron chi connectivity index (χ1n) is 6.36. The van der Waals surface area contributed by atoms with E-state index in [1.165, 1.54) is 18.2 Å². The van der Waals surface area contributed by atoms with Crippen LogP contribution in [0.25, 0.3) is 0 Å². The molecule has 0 aliphatic heterocycles. The number of carbonyl (C=O) groups excluding carboxylic acids is 1. The third-order valence-electron chi connectivity index (χ3n) is 2.93. The molecule has 0 heterocycles. The van der Waals surface area contributed by atoms with E-state index in [2.05, 4.69) is 5.32 Å². The lowest BCUT2D eigenvalue weighted by molar-refractivity contribution is -0.384. The molecule has 1 aromatic carbocycles. The van der Waals surface area contributed by atoms with Crippen LogP contribution in [-0.2, 0) is 4.79 Å². The molecule has 2 N–H and O–H groups in total. The average molecular weight is 281 g/mol. The smallest absolute Gasteiger partial charge is 0.269 e. The van der Waals surface area contributed by atoms with Crippen molar-refractivity contribution in [3.63, 3.8) is 0 Å². The Balaban J connectivity index is 2.68. The number of carbonyl (C=O) groups is 1. The van der Waals surface area contributed by atoms with E-state index in [-0.39, 0.29) is 24.7 Å². The van der Waals surface area contributed by atoms with Crippen LogP contribution in [0, 0.1) is 17.0 Å². The molecule has 0 bridgehead atoms. The highest BCUT2D eigenvalue weighted by atomic mass is 16.6. The summed E-state index contributed by atoms with van der Waals surface area (Å²) in [6.07, 6.45) is 0. The van der Waals surface area contributed by atoms with Gasteiger partial charge in [0.05, 0.1) is 18.1 Å². The molecule has 1 rings (SSSR count). The number of nitro benzene ring substituents is 1. The number of aliphatic hydroxyl groups is 1. The minimum Gasteiger partial charge on any atom is -0.395 e. The zero-order chi connectivity index (χ0) is 15.1. The number of hydrogen-bond acceptors (Lipinski definition) is 5. The number of likely N-dealkylation sites (N-methyl/N-ethyl adjacent to an activating group) is 1. The van der Waals surface area contributed by atoms with Crippen LogP contribution in [0.15, 0.2) is 18.2 Å². The SMILES string of the molecule is CCN(CCO)CC(=O)Nc1ccc([N+](=O)[O-])cc1C. The predicted octanol–water partition coefficient (Wildman–Crippen LogP) is 1.16. The van der Waals surface area contributed by atoms with Crippen molar-refractivity contribution >= 4 is 17.3 Å². The van der Waals surface area contributed by atoms with Gasteiger partial charge in [-0.15, -0.1) is 0 Å². The van der Waals surface area contributed by atoms with Crippen molar-refractivity contribution in [1.29, 1.82) is 0 Å². The van der Waals surface area contributed by atoms with Gasteiger partial charge in [-0.1, -0.05) is 6.92 Å². The molecule has 7 heteroatoms. The Morgan fingerprint density at radius 3 is 2.70 bits per heavy atom. The molecule has 110 valence electrons. The first-order valence-corrected chi connectivity index (χ1v) is 6.36. The van der Waals surface area contributed by atoms with Crippen LogP contribution >= 0.6 is 0 Å². The molecule has 1 amide bonds. The van der Waals surface area contributed by atoms with Crippen molar-refractivity contribution in [3.05, 3.63) is 33.9 Å². The van der Waals surface area contributed by atoms with Crippen molar-refractivity contribution in [1.82, 2.24) is 4.90 Å². The molecule has 0 aromatic heterocycles. The minimum absolute atomic E-state index is 0.00230. The first kappa shape index (κ1) is 16.1. The van der Waals surface area contributed by atoms with Crippen LogP contribution in [0.4, 0.5) is 11.4 Å². The van der Waals surface area contributed by atoms with E-state index < -0.39 is 4.92 Å². The summed E-state index contributed by atoms with van der Waals surface area (Å²) in [5.74, 6) is -0.211. The highest BCUT2D eigenvalue weighted by molar-refractivity contribution is 5.93. The van der Waals surface area contributed by atoms with Crippen LogP contribution < -0.4 is 5.32 Å². The second-order valence-corrected chi connectivity index (χ2v) is 4.40. The van der Waals surface area contributed by atoms with Crippen LogP contribution in [-0.4, -0.2) is 47.1 Å². The van der Waals surface area contributed by atoms with Crippen molar-refractivity contribution in [3.8, 4) is 0 Å². The van der Waals surface area contributed by atoms with Crippen molar-refractivity contribution < 1.29 is 14.8 Å². The third kappa shape index (κ3) is 4.60. The highest BCUT2D eigenvalue weighted by Gasteiger charge is 2.12. The fraction of sp³-hybridized carbons (Fsp3) is 0.462. The number of amides is 1. The standard InChI is InChI=1S/C13H19N3O4/c1-3-15(6-7-17)9-13(18)14-12-5-4-11(16(19)20)8-10(12)2/h4-5,8,17H,3,6-7,9H2,1-2H3,(H,14,18). The second-order valence-electron chi connectivity index (χ2n) is 4.40. The summed E-state index contributed by atoms with van der Waals surface area (Å²) >= 11 is 0. The second kappa shape index (κ2) is 7.56. The van der Waals surface area contributed by atoms with E-state index in [4.69, 9.17) is 5.11 Å². The highest BCUT2D eigenvalue weighted by Crippen LogP contribution is 2.21. The quantitative estimate of drug-likeness (QED) is 0.577. The molecule has 20 heavy (non-hydrogen) atoms. The van der Waals surface area contributed by atoms with Crippen LogP contribution in [0.1, 0.15) is 12.5 Å². The van der Waals surface area contributed by atoms with Gasteiger partial charge in [0.15, 0.2) is 0 Å². The molecule has 0 radical (unpaired) electrons. The lowest BCUT2D eigenvalue weighted by atomic mass is 10.2. The van der Waals surface area contributed by atoms with Gasteiger partial charge in [0, 0.05) is 24.4 Å². The lowest BCUT2D eigenvalue weighted by Gasteiger charge is -2.18. The first-order chi connectivity index (χ1) is 9.47. The van der Waals surface area contributed by atoms with E-state index in [9.17, 15) is 14.9 Å². The fourth-order valence-corrected chi connectivity index (χ4v) is 1.78. The summed E-state index contributed by atoms with van der Waals surface area (Å²) in [7, 11) is 0. The molecule has 0 unspecified atom stereocenters. The molecule has 0 saturated heterocycles. The Kier molecular flexibility index (Phi) is 6.08. The number of rotatable bonds is 7. The number of hydrogen-bond donors (Lipinski definition) is 2. The van der Waals surface area contributed by atoms with Gasteiger partial charge in [0.25, 0.3) is 5.69 Å². The summed E-state index contributed by atoms with van der Waals surface area (Å²) in [4.78, 5) is 23.8. The Morgan fingerprint density at radius 2 is 2.20 bits per heavy atom. The Labute approximate surface area is 117 Å². The summed E-state index contributed by atoms with van der Waals surface area (Å²) in [6.45, 7) is 4.87. The zero-order valence-corrected chi connectivity index (χ0v) is 11.6. The molecule has 0 aliphatic carbocycles. The largest absolute Gasteiger partial charge is 0.395 e. The average Bonchev–Trinajstić information content (AvgIpc) is 2.40. The number of nitrogens with one attached hydrogen (secondary N) is 1. The molecule has 1 aromatic rings. The number of aliphatic hydroxyl groups excluding tert-OH is 1. The van der Waals surface area contributed by atoms with E-state index in [0.29, 0.717) is 24.3 Å². The van der Waals surface area contributed by atoms with Gasteiger partial charge in [-0.3, -0.25) is 19.8 Å². The van der Waals surface area contributed by atoms with Gasteiger partial charge in [0.1, 0.15) is 0 Å². The maximum absolute atomic E-state index is 11.9. The van der Waals surface area contributed by atoms with E-state index >= 15 is 0 Å². The number of non-ortho nitro benzene ring substituents is 1. The lowest BCUT2D eigenvalue weighted by Crippen LogP contribution is -2.35. The molecule has 0 spiro atoms. The van der Waals surface area contributed by atoms with Crippen molar-refractivity contribution in [2.75, 3.05) is 31.6 Å². The topological polar surface area (TPSA) is 95.7 Å². The monoisotopic (exact) mass is 281 g/mol. The Bertz CT molecular complexity index is 491. The number of anilines is 1. The van der Waals surface area contributed by atoms with Gasteiger partial charge in [-0.25, -0.2) is 0 Å². The molecular weight excluding hydrogens is 262 g/mol. The third-order valence-corrected chi connectivity index (χ3v) is 2.93. The van der Waals surface area contributed by atoms with Gasteiger partial charge in [-0.2, -0.15) is 0 Å². The summed E-state index contributed by atoms with van der Waals surface area (Å²) < 4.78 is 0. The zero-order valence-electron chi connectivity index (χ0n) is 11.6. The normalized spacial score (nSPS) is 10.6. The molecule has 0 aliphatic rings. The molecule has 7 nitrogen and oxygen atoms in total. The van der Waals surface area contributed by atoms with Gasteiger partial charge < -0.3 is 10.4 Å². The predicted molar refractivity (Wildman–Crippen MR) is 75.7 cm³/mol. The molecule has 0 fully saturated rings. The Morgan fingerprint density at radius 1 is 1.50 bits per heavy atom. The van der Waals surface area contributed by atoms with E-state index in [0.717, 1.165) is 0 Å². The van der Waals surface area contributed by atoms with E-state index in [1.807, 2.05) is 6.92 Å². The maximum atomic E-state index is 11.9. The van der Waals surface area contributed by atoms with Gasteiger partial charge in [0.2, 0.25) is 5.91 Å².